The highest BCUT2D eigenvalue weighted by Crippen LogP contribution is 2.47. The Balaban J connectivity index is 1.38. The highest BCUT2D eigenvalue weighted by atomic mass is 35.5. The number of amides is 2. The van der Waals surface area contributed by atoms with Gasteiger partial charge in [0.25, 0.3) is 0 Å². The second kappa shape index (κ2) is 7.51. The quantitative estimate of drug-likeness (QED) is 0.835. The second-order valence-electron chi connectivity index (χ2n) is 6.35. The van der Waals surface area contributed by atoms with E-state index in [1.165, 1.54) is 5.56 Å². The van der Waals surface area contributed by atoms with E-state index in [1.54, 1.807) is 0 Å². The first kappa shape index (κ1) is 16.6. The fourth-order valence-electron chi connectivity index (χ4n) is 2.99. The number of benzene rings is 1. The van der Waals surface area contributed by atoms with Crippen LogP contribution in [0, 0.1) is 0 Å². The van der Waals surface area contributed by atoms with E-state index >= 15 is 0 Å². The number of hydrogen-bond acceptors (Lipinski definition) is 3. The minimum Gasteiger partial charge on any atom is -0.379 e. The van der Waals surface area contributed by atoms with Crippen LogP contribution in [0.15, 0.2) is 24.3 Å². The third kappa shape index (κ3) is 4.59. The standard InChI is InChI=1S/C17H24ClN3O2/c18-15-3-1-14(2-4-15)17(5-6-17)13-20-16(22)19-7-8-21-9-11-23-12-10-21/h1-4H,5-13H2,(H2,19,20,22). The lowest BCUT2D eigenvalue weighted by Gasteiger charge is -2.26. The molecule has 0 unspecified atom stereocenters. The molecular formula is C17H24ClN3O2. The smallest absolute Gasteiger partial charge is 0.314 e. The van der Waals surface area contributed by atoms with Crippen LogP contribution in [0.5, 0.6) is 0 Å². The van der Waals surface area contributed by atoms with E-state index in [4.69, 9.17) is 16.3 Å². The molecule has 2 fully saturated rings. The van der Waals surface area contributed by atoms with Gasteiger partial charge >= 0.3 is 6.03 Å². The Hall–Kier alpha value is -1.30. The fraction of sp³-hybridized carbons (Fsp3) is 0.588. The molecule has 0 aromatic heterocycles. The number of ether oxygens (including phenoxy) is 1. The Morgan fingerprint density at radius 1 is 1.17 bits per heavy atom. The van der Waals surface area contributed by atoms with Crippen LogP contribution >= 0.6 is 11.6 Å². The Morgan fingerprint density at radius 3 is 2.52 bits per heavy atom. The number of nitrogens with zero attached hydrogens (tertiary/aromatic N) is 1. The Labute approximate surface area is 142 Å². The summed E-state index contributed by atoms with van der Waals surface area (Å²) in [4.78, 5) is 14.3. The van der Waals surface area contributed by atoms with Gasteiger partial charge < -0.3 is 15.4 Å². The molecule has 0 atom stereocenters. The predicted octanol–water partition coefficient (Wildman–Crippen LogP) is 2.00. The van der Waals surface area contributed by atoms with Crippen molar-refractivity contribution in [2.75, 3.05) is 45.9 Å². The molecule has 1 aromatic carbocycles. The first-order valence-corrected chi connectivity index (χ1v) is 8.64. The molecule has 3 rings (SSSR count). The van der Waals surface area contributed by atoms with Gasteiger partial charge in [0.2, 0.25) is 0 Å². The summed E-state index contributed by atoms with van der Waals surface area (Å²) in [5, 5.41) is 6.70. The Kier molecular flexibility index (Phi) is 5.41. The molecule has 126 valence electrons. The average molecular weight is 338 g/mol. The fourth-order valence-corrected chi connectivity index (χ4v) is 3.11. The average Bonchev–Trinajstić information content (AvgIpc) is 3.36. The summed E-state index contributed by atoms with van der Waals surface area (Å²) in [6, 6.07) is 7.87. The van der Waals surface area contributed by atoms with Crippen molar-refractivity contribution in [3.8, 4) is 0 Å². The molecule has 0 spiro atoms. The number of hydrogen-bond donors (Lipinski definition) is 2. The lowest BCUT2D eigenvalue weighted by molar-refractivity contribution is 0.0387. The van der Waals surface area contributed by atoms with Gasteiger partial charge in [0.15, 0.2) is 0 Å². The Bertz CT molecular complexity index is 525. The van der Waals surface area contributed by atoms with E-state index in [1.807, 2.05) is 12.1 Å². The molecule has 2 amide bonds. The van der Waals surface area contributed by atoms with Crippen LogP contribution in [0.25, 0.3) is 0 Å². The van der Waals surface area contributed by atoms with E-state index in [-0.39, 0.29) is 11.4 Å². The molecule has 0 bridgehead atoms. The maximum absolute atomic E-state index is 12.0. The van der Waals surface area contributed by atoms with Crippen molar-refractivity contribution >= 4 is 17.6 Å². The van der Waals surface area contributed by atoms with Crippen LogP contribution in [-0.2, 0) is 10.2 Å². The summed E-state index contributed by atoms with van der Waals surface area (Å²) in [6.45, 7) is 5.69. The normalized spacial score (nSPS) is 20.0. The molecule has 1 saturated carbocycles. The highest BCUT2D eigenvalue weighted by molar-refractivity contribution is 6.30. The molecule has 23 heavy (non-hydrogen) atoms. The van der Waals surface area contributed by atoms with Crippen LogP contribution in [0.4, 0.5) is 4.79 Å². The maximum Gasteiger partial charge on any atom is 0.314 e. The number of urea groups is 1. The van der Waals surface area contributed by atoms with Gasteiger partial charge in [-0.3, -0.25) is 4.90 Å². The molecule has 1 aliphatic carbocycles. The Morgan fingerprint density at radius 2 is 1.87 bits per heavy atom. The molecule has 1 aliphatic heterocycles. The highest BCUT2D eigenvalue weighted by Gasteiger charge is 2.44. The molecule has 1 heterocycles. The summed E-state index contributed by atoms with van der Waals surface area (Å²) in [5.74, 6) is 0. The first-order valence-electron chi connectivity index (χ1n) is 8.26. The van der Waals surface area contributed by atoms with Crippen molar-refractivity contribution in [3.63, 3.8) is 0 Å². The number of morpholine rings is 1. The number of halogens is 1. The van der Waals surface area contributed by atoms with Crippen molar-refractivity contribution in [3.05, 3.63) is 34.9 Å². The third-order valence-corrected chi connectivity index (χ3v) is 4.97. The molecule has 6 heteroatoms. The van der Waals surface area contributed by atoms with Gasteiger partial charge in [-0.25, -0.2) is 4.79 Å². The summed E-state index contributed by atoms with van der Waals surface area (Å²) < 4.78 is 5.31. The molecule has 5 nitrogen and oxygen atoms in total. The van der Waals surface area contributed by atoms with Crippen LogP contribution in [0.2, 0.25) is 5.02 Å². The van der Waals surface area contributed by atoms with E-state index in [2.05, 4.69) is 27.7 Å². The lowest BCUT2D eigenvalue weighted by atomic mass is 9.96. The summed E-state index contributed by atoms with van der Waals surface area (Å²) in [7, 11) is 0. The molecular weight excluding hydrogens is 314 g/mol. The molecule has 2 aliphatic rings. The van der Waals surface area contributed by atoms with Crippen LogP contribution in [0.1, 0.15) is 18.4 Å². The van der Waals surface area contributed by atoms with Crippen molar-refractivity contribution in [2.24, 2.45) is 0 Å². The number of carbonyl (C=O) groups excluding carboxylic acids is 1. The van der Waals surface area contributed by atoms with E-state index in [9.17, 15) is 4.79 Å². The molecule has 1 aromatic rings. The van der Waals surface area contributed by atoms with Crippen molar-refractivity contribution in [2.45, 2.75) is 18.3 Å². The van der Waals surface area contributed by atoms with Crippen LogP contribution in [0.3, 0.4) is 0 Å². The third-order valence-electron chi connectivity index (χ3n) is 4.71. The number of nitrogens with one attached hydrogen (secondary N) is 2. The van der Waals surface area contributed by atoms with Gasteiger partial charge in [0, 0.05) is 43.2 Å². The molecule has 0 radical (unpaired) electrons. The predicted molar refractivity (Wildman–Crippen MR) is 91.0 cm³/mol. The summed E-state index contributed by atoms with van der Waals surface area (Å²) in [6.07, 6.45) is 2.23. The monoisotopic (exact) mass is 337 g/mol. The van der Waals surface area contributed by atoms with Crippen LogP contribution in [-0.4, -0.2) is 56.9 Å². The van der Waals surface area contributed by atoms with Crippen molar-refractivity contribution < 1.29 is 9.53 Å². The van der Waals surface area contributed by atoms with E-state index in [0.717, 1.165) is 50.7 Å². The number of rotatable bonds is 6. The maximum atomic E-state index is 12.0. The zero-order valence-electron chi connectivity index (χ0n) is 13.3. The van der Waals surface area contributed by atoms with E-state index in [0.29, 0.717) is 13.1 Å². The minimum absolute atomic E-state index is 0.0847. The summed E-state index contributed by atoms with van der Waals surface area (Å²) >= 11 is 5.94. The zero-order valence-corrected chi connectivity index (χ0v) is 14.1. The molecule has 2 N–H and O–H groups in total. The first-order chi connectivity index (χ1) is 11.2. The topological polar surface area (TPSA) is 53.6 Å². The van der Waals surface area contributed by atoms with Gasteiger partial charge in [-0.2, -0.15) is 0 Å². The minimum atomic E-state index is -0.0847. The number of carbonyl (C=O) groups is 1. The second-order valence-corrected chi connectivity index (χ2v) is 6.79. The summed E-state index contributed by atoms with van der Waals surface area (Å²) in [5.41, 5.74) is 1.36. The van der Waals surface area contributed by atoms with Gasteiger partial charge in [-0.15, -0.1) is 0 Å². The SMILES string of the molecule is O=C(NCCN1CCOCC1)NCC1(c2ccc(Cl)cc2)CC1. The van der Waals surface area contributed by atoms with Gasteiger partial charge in [-0.1, -0.05) is 23.7 Å². The van der Waals surface area contributed by atoms with Crippen molar-refractivity contribution in [1.82, 2.24) is 15.5 Å². The lowest BCUT2D eigenvalue weighted by Crippen LogP contribution is -2.45. The van der Waals surface area contributed by atoms with E-state index < -0.39 is 0 Å². The largest absolute Gasteiger partial charge is 0.379 e. The van der Waals surface area contributed by atoms with Gasteiger partial charge in [0.05, 0.1) is 13.2 Å². The van der Waals surface area contributed by atoms with Gasteiger partial charge in [0.1, 0.15) is 0 Å². The van der Waals surface area contributed by atoms with Crippen molar-refractivity contribution in [1.29, 1.82) is 0 Å². The molecule has 1 saturated heterocycles. The zero-order chi connectivity index (χ0) is 16.1. The van der Waals surface area contributed by atoms with Crippen LogP contribution < -0.4 is 10.6 Å². The van der Waals surface area contributed by atoms with Gasteiger partial charge in [-0.05, 0) is 30.5 Å².